The van der Waals surface area contributed by atoms with Crippen LogP contribution in [-0.2, 0) is 11.2 Å². The third-order valence-electron chi connectivity index (χ3n) is 2.06. The van der Waals surface area contributed by atoms with Crippen LogP contribution in [0.1, 0.15) is 32.3 Å². The molecule has 0 amide bonds. The highest BCUT2D eigenvalue weighted by Crippen LogP contribution is 2.15. The minimum atomic E-state index is 0.320. The Morgan fingerprint density at radius 2 is 1.93 bits per heavy atom. The molecule has 0 aliphatic rings. The molecule has 2 heteroatoms. The predicted octanol–water partition coefficient (Wildman–Crippen LogP) is 3.68. The van der Waals surface area contributed by atoms with Crippen LogP contribution in [0.5, 0.6) is 0 Å². The summed E-state index contributed by atoms with van der Waals surface area (Å²) in [6.45, 7) is 4.11. The van der Waals surface area contributed by atoms with E-state index in [1.54, 1.807) is 0 Å². The van der Waals surface area contributed by atoms with Gasteiger partial charge in [0, 0.05) is 11.7 Å². The van der Waals surface area contributed by atoms with Gasteiger partial charge in [-0.2, -0.15) is 0 Å². The van der Waals surface area contributed by atoms with Gasteiger partial charge in [0.15, 0.2) is 5.12 Å². The summed E-state index contributed by atoms with van der Waals surface area (Å²) in [7, 11) is 0. The Kier molecular flexibility index (Phi) is 5.48. The maximum atomic E-state index is 11.4. The van der Waals surface area contributed by atoms with Crippen molar-refractivity contribution in [2.45, 2.75) is 38.4 Å². The van der Waals surface area contributed by atoms with E-state index in [9.17, 15) is 4.79 Å². The topological polar surface area (TPSA) is 17.1 Å². The first-order valence-electron chi connectivity index (χ1n) is 5.42. The molecular formula is C13H18OS. The van der Waals surface area contributed by atoms with Gasteiger partial charge in [0.25, 0.3) is 0 Å². The Hall–Kier alpha value is -0.760. The van der Waals surface area contributed by atoms with E-state index < -0.39 is 0 Å². The van der Waals surface area contributed by atoms with Crippen molar-refractivity contribution in [1.82, 2.24) is 0 Å². The van der Waals surface area contributed by atoms with E-state index in [2.05, 4.69) is 26.0 Å². The van der Waals surface area contributed by atoms with Crippen LogP contribution in [0.3, 0.4) is 0 Å². The highest BCUT2D eigenvalue weighted by Gasteiger charge is 2.05. The zero-order chi connectivity index (χ0) is 11.1. The summed E-state index contributed by atoms with van der Waals surface area (Å²) in [6, 6.07) is 10.3. The second-order valence-electron chi connectivity index (χ2n) is 3.88. The van der Waals surface area contributed by atoms with Crippen molar-refractivity contribution in [1.29, 1.82) is 0 Å². The maximum absolute atomic E-state index is 11.4. The lowest BCUT2D eigenvalue weighted by Crippen LogP contribution is -1.98. The maximum Gasteiger partial charge on any atom is 0.189 e. The van der Waals surface area contributed by atoms with Crippen LogP contribution in [0, 0.1) is 0 Å². The number of thioether (sulfide) groups is 1. The van der Waals surface area contributed by atoms with Crippen LogP contribution >= 0.6 is 11.8 Å². The molecule has 1 rings (SSSR count). The van der Waals surface area contributed by atoms with Crippen LogP contribution < -0.4 is 0 Å². The molecule has 0 radical (unpaired) electrons. The number of carbonyl (C=O) groups is 1. The summed E-state index contributed by atoms with van der Waals surface area (Å²) >= 11 is 1.45. The molecule has 0 unspecified atom stereocenters. The van der Waals surface area contributed by atoms with Gasteiger partial charge in [-0.1, -0.05) is 55.9 Å². The molecule has 1 nitrogen and oxygen atoms in total. The van der Waals surface area contributed by atoms with Gasteiger partial charge in [-0.05, 0) is 18.4 Å². The van der Waals surface area contributed by atoms with Crippen molar-refractivity contribution >= 4 is 16.9 Å². The van der Waals surface area contributed by atoms with Gasteiger partial charge in [-0.15, -0.1) is 0 Å². The van der Waals surface area contributed by atoms with Gasteiger partial charge in [-0.25, -0.2) is 0 Å². The molecule has 0 aliphatic heterocycles. The third-order valence-corrected chi connectivity index (χ3v) is 2.99. The summed E-state index contributed by atoms with van der Waals surface area (Å²) < 4.78 is 0. The standard InChI is InChI=1S/C13H18OS/c1-11(2)15-13(14)10-6-9-12-7-4-3-5-8-12/h3-5,7-8,11H,6,9-10H2,1-2H3. The third kappa shape index (κ3) is 5.63. The molecule has 0 saturated carbocycles. The lowest BCUT2D eigenvalue weighted by molar-refractivity contribution is -0.111. The molecule has 0 N–H and O–H groups in total. The molecule has 1 aromatic rings. The number of carbonyl (C=O) groups excluding carboxylic acids is 1. The van der Waals surface area contributed by atoms with Crippen LogP contribution in [0.25, 0.3) is 0 Å². The highest BCUT2D eigenvalue weighted by molar-refractivity contribution is 8.14. The molecule has 0 spiro atoms. The minimum absolute atomic E-state index is 0.320. The average molecular weight is 222 g/mol. The van der Waals surface area contributed by atoms with E-state index in [1.807, 2.05) is 18.2 Å². The zero-order valence-corrected chi connectivity index (χ0v) is 10.2. The Bertz CT molecular complexity index is 293. The average Bonchev–Trinajstić information content (AvgIpc) is 2.18. The number of rotatable bonds is 5. The number of hydrogen-bond donors (Lipinski definition) is 0. The van der Waals surface area contributed by atoms with Crippen molar-refractivity contribution in [2.75, 3.05) is 0 Å². The van der Waals surface area contributed by atoms with Crippen molar-refractivity contribution < 1.29 is 4.79 Å². The SMILES string of the molecule is CC(C)SC(=O)CCCc1ccccc1. The van der Waals surface area contributed by atoms with E-state index in [-0.39, 0.29) is 0 Å². The first-order valence-corrected chi connectivity index (χ1v) is 6.30. The van der Waals surface area contributed by atoms with Gasteiger partial charge in [-0.3, -0.25) is 4.79 Å². The van der Waals surface area contributed by atoms with E-state index in [1.165, 1.54) is 17.3 Å². The summed E-state index contributed by atoms with van der Waals surface area (Å²) in [5.41, 5.74) is 1.32. The normalized spacial score (nSPS) is 10.6. The lowest BCUT2D eigenvalue weighted by Gasteiger charge is -2.03. The fraction of sp³-hybridized carbons (Fsp3) is 0.462. The Morgan fingerprint density at radius 1 is 1.27 bits per heavy atom. The molecule has 82 valence electrons. The Balaban J connectivity index is 2.19. The molecule has 0 aliphatic carbocycles. The van der Waals surface area contributed by atoms with Crippen LogP contribution in [0.15, 0.2) is 30.3 Å². The zero-order valence-electron chi connectivity index (χ0n) is 9.40. The minimum Gasteiger partial charge on any atom is -0.287 e. The smallest absolute Gasteiger partial charge is 0.189 e. The molecule has 0 heterocycles. The first-order chi connectivity index (χ1) is 7.18. The molecule has 15 heavy (non-hydrogen) atoms. The van der Waals surface area contributed by atoms with E-state index >= 15 is 0 Å². The van der Waals surface area contributed by atoms with Gasteiger partial charge in [0.1, 0.15) is 0 Å². The summed E-state index contributed by atoms with van der Waals surface area (Å²) in [5, 5.41) is 0.732. The van der Waals surface area contributed by atoms with Crippen LogP contribution in [0.4, 0.5) is 0 Å². The fourth-order valence-corrected chi connectivity index (χ4v) is 2.19. The molecular weight excluding hydrogens is 204 g/mol. The number of hydrogen-bond acceptors (Lipinski definition) is 2. The van der Waals surface area contributed by atoms with E-state index in [0.29, 0.717) is 16.8 Å². The van der Waals surface area contributed by atoms with Gasteiger partial charge >= 0.3 is 0 Å². The largest absolute Gasteiger partial charge is 0.287 e. The van der Waals surface area contributed by atoms with Gasteiger partial charge in [0.05, 0.1) is 0 Å². The predicted molar refractivity (Wildman–Crippen MR) is 67.1 cm³/mol. The number of benzene rings is 1. The fourth-order valence-electron chi connectivity index (χ4n) is 1.40. The molecule has 1 aromatic carbocycles. The van der Waals surface area contributed by atoms with Crippen LogP contribution in [0.2, 0.25) is 0 Å². The van der Waals surface area contributed by atoms with Gasteiger partial charge < -0.3 is 0 Å². The first kappa shape index (κ1) is 12.3. The summed E-state index contributed by atoms with van der Waals surface area (Å²) in [5.74, 6) is 0. The van der Waals surface area contributed by atoms with Crippen molar-refractivity contribution in [3.8, 4) is 0 Å². The lowest BCUT2D eigenvalue weighted by atomic mass is 10.1. The quantitative estimate of drug-likeness (QED) is 0.756. The second kappa shape index (κ2) is 6.67. The molecule has 0 bridgehead atoms. The van der Waals surface area contributed by atoms with E-state index in [0.717, 1.165) is 12.8 Å². The van der Waals surface area contributed by atoms with Crippen molar-refractivity contribution in [2.24, 2.45) is 0 Å². The number of aryl methyl sites for hydroxylation is 1. The van der Waals surface area contributed by atoms with Gasteiger partial charge in [0.2, 0.25) is 0 Å². The van der Waals surface area contributed by atoms with Crippen LogP contribution in [-0.4, -0.2) is 10.4 Å². The Morgan fingerprint density at radius 3 is 2.53 bits per heavy atom. The molecule has 0 saturated heterocycles. The van der Waals surface area contributed by atoms with E-state index in [4.69, 9.17) is 0 Å². The monoisotopic (exact) mass is 222 g/mol. The Labute approximate surface area is 96.3 Å². The van der Waals surface area contributed by atoms with Crippen molar-refractivity contribution in [3.05, 3.63) is 35.9 Å². The molecule has 0 atom stereocenters. The highest BCUT2D eigenvalue weighted by atomic mass is 32.2. The molecule has 0 fully saturated rings. The van der Waals surface area contributed by atoms with Crippen molar-refractivity contribution in [3.63, 3.8) is 0 Å². The second-order valence-corrected chi connectivity index (χ2v) is 5.51. The summed E-state index contributed by atoms with van der Waals surface area (Å²) in [4.78, 5) is 11.4. The molecule has 0 aromatic heterocycles. The summed E-state index contributed by atoms with van der Waals surface area (Å²) in [6.07, 6.45) is 2.66.